The van der Waals surface area contributed by atoms with Gasteiger partial charge in [-0.3, -0.25) is 0 Å². The second-order valence-corrected chi connectivity index (χ2v) is 12.4. The van der Waals surface area contributed by atoms with Gasteiger partial charge in [0, 0.05) is 20.2 Å². The van der Waals surface area contributed by atoms with E-state index >= 15 is 0 Å². The van der Waals surface area contributed by atoms with E-state index < -0.39 is 8.07 Å². The zero-order chi connectivity index (χ0) is 16.0. The molecule has 0 aliphatic heterocycles. The van der Waals surface area contributed by atoms with Gasteiger partial charge in [-0.1, -0.05) is 26.6 Å². The highest BCUT2D eigenvalue weighted by Gasteiger charge is 2.21. The maximum Gasteiger partial charge on any atom is 0.359 e. The van der Waals surface area contributed by atoms with Crippen LogP contribution in [0.3, 0.4) is 0 Å². The van der Waals surface area contributed by atoms with Gasteiger partial charge >= 0.3 is 5.97 Å². The molecule has 1 heterocycles. The van der Waals surface area contributed by atoms with E-state index in [9.17, 15) is 4.79 Å². The normalized spacial score (nSPS) is 11.7. The first-order chi connectivity index (χ1) is 9.80. The predicted octanol–water partition coefficient (Wildman–Crippen LogP) is 3.70. The van der Waals surface area contributed by atoms with Crippen LogP contribution in [-0.2, 0) is 22.6 Å². The average molecular weight is 377 g/mol. The summed E-state index contributed by atoms with van der Waals surface area (Å²) in [7, 11) is -1.09. The number of nitrogens with zero attached hydrogens (tertiary/aromatic N) is 2. The fourth-order valence-electron chi connectivity index (χ4n) is 1.77. The third kappa shape index (κ3) is 5.56. The van der Waals surface area contributed by atoms with E-state index in [2.05, 4.69) is 40.7 Å². The minimum atomic E-state index is -1.09. The van der Waals surface area contributed by atoms with Crippen molar-refractivity contribution in [1.29, 1.82) is 0 Å². The minimum absolute atomic E-state index is 0.345. The largest absolute Gasteiger partial charge is 0.461 e. The lowest BCUT2D eigenvalue weighted by Gasteiger charge is -2.15. The summed E-state index contributed by atoms with van der Waals surface area (Å²) < 4.78 is 13.2. The molecule has 0 fully saturated rings. The molecule has 0 N–H and O–H groups in total. The van der Waals surface area contributed by atoms with Gasteiger partial charge in [0.25, 0.3) is 0 Å². The zero-order valence-electron chi connectivity index (χ0n) is 13.5. The lowest BCUT2D eigenvalue weighted by molar-refractivity contribution is 0.0509. The van der Waals surface area contributed by atoms with Gasteiger partial charge < -0.3 is 9.47 Å². The van der Waals surface area contributed by atoms with Crippen molar-refractivity contribution >= 4 is 30.0 Å². The van der Waals surface area contributed by atoms with Crippen LogP contribution in [0.5, 0.6) is 0 Å². The Morgan fingerprint density at radius 2 is 2.00 bits per heavy atom. The first kappa shape index (κ1) is 18.4. The summed E-state index contributed by atoms with van der Waals surface area (Å²) in [6.07, 6.45) is 0.712. The molecule has 0 saturated carbocycles. The third-order valence-corrected chi connectivity index (χ3v) is 5.61. The number of carbonyl (C=O) groups excluding carboxylic acids is 1. The molecule has 0 saturated heterocycles. The maximum absolute atomic E-state index is 11.9. The van der Waals surface area contributed by atoms with Gasteiger partial charge in [0.15, 0.2) is 5.69 Å². The van der Waals surface area contributed by atoms with Gasteiger partial charge in [-0.2, -0.15) is 5.10 Å². The number of ether oxygens (including phenoxy) is 2. The van der Waals surface area contributed by atoms with Crippen LogP contribution in [-0.4, -0.2) is 37.0 Å². The molecule has 0 atom stereocenters. The quantitative estimate of drug-likeness (QED) is 0.394. The highest BCUT2D eigenvalue weighted by molar-refractivity contribution is 9.10. The van der Waals surface area contributed by atoms with Gasteiger partial charge in [-0.25, -0.2) is 9.48 Å². The van der Waals surface area contributed by atoms with Crippen LogP contribution in [0.15, 0.2) is 4.60 Å². The summed E-state index contributed by atoms with van der Waals surface area (Å²) in [5, 5.41) is 4.31. The van der Waals surface area contributed by atoms with E-state index in [1.54, 1.807) is 11.6 Å². The molecule has 0 aromatic carbocycles. The standard InChI is InChI=1S/C14H25BrN2O3Si/c1-6-11-12(14(18)20-7-2)16-17(13(11)15)10-19-8-9-21(3,4)5/h6-10H2,1-5H3. The molecule has 0 bridgehead atoms. The number of hydrogen-bond donors (Lipinski definition) is 0. The van der Waals surface area contributed by atoms with Crippen LogP contribution in [0.25, 0.3) is 0 Å². The van der Waals surface area contributed by atoms with E-state index in [1.165, 1.54) is 0 Å². The first-order valence-corrected chi connectivity index (χ1v) is 11.8. The molecule has 1 aromatic heterocycles. The van der Waals surface area contributed by atoms with E-state index in [0.717, 1.165) is 22.8 Å². The number of esters is 1. The van der Waals surface area contributed by atoms with Gasteiger partial charge in [0.1, 0.15) is 11.3 Å². The molecule has 7 heteroatoms. The summed E-state index contributed by atoms with van der Waals surface area (Å²) in [6, 6.07) is 1.11. The molecule has 0 aliphatic rings. The van der Waals surface area contributed by atoms with Gasteiger partial charge in [0.2, 0.25) is 0 Å². The van der Waals surface area contributed by atoms with Crippen molar-refractivity contribution in [1.82, 2.24) is 9.78 Å². The molecule has 0 aliphatic carbocycles. The summed E-state index contributed by atoms with van der Waals surface area (Å²) in [4.78, 5) is 11.9. The molecular weight excluding hydrogens is 352 g/mol. The van der Waals surface area contributed by atoms with Crippen molar-refractivity contribution in [2.24, 2.45) is 0 Å². The number of halogens is 1. The number of aromatic nitrogens is 2. The fourth-order valence-corrected chi connectivity index (χ4v) is 3.18. The molecular formula is C14H25BrN2O3Si. The smallest absolute Gasteiger partial charge is 0.359 e. The number of carbonyl (C=O) groups is 1. The molecule has 0 amide bonds. The topological polar surface area (TPSA) is 53.3 Å². The Hall–Kier alpha value is -0.663. The van der Waals surface area contributed by atoms with Crippen molar-refractivity contribution in [3.05, 3.63) is 15.9 Å². The molecule has 1 aromatic rings. The van der Waals surface area contributed by atoms with Crippen molar-refractivity contribution in [2.45, 2.75) is 52.7 Å². The third-order valence-electron chi connectivity index (χ3n) is 3.01. The van der Waals surface area contributed by atoms with Gasteiger partial charge in [-0.05, 0) is 35.3 Å². The van der Waals surface area contributed by atoms with Crippen LogP contribution in [0.2, 0.25) is 25.7 Å². The minimum Gasteiger partial charge on any atom is -0.461 e. The summed E-state index contributed by atoms with van der Waals surface area (Å²) in [6.45, 7) is 12.1. The number of rotatable bonds is 8. The van der Waals surface area contributed by atoms with Crippen molar-refractivity contribution in [3.63, 3.8) is 0 Å². The Bertz CT molecular complexity index is 483. The highest BCUT2D eigenvalue weighted by atomic mass is 79.9. The van der Waals surface area contributed by atoms with Crippen LogP contribution >= 0.6 is 15.9 Å². The summed E-state index contributed by atoms with van der Waals surface area (Å²) in [5.74, 6) is -0.379. The Morgan fingerprint density at radius 1 is 1.33 bits per heavy atom. The molecule has 1 rings (SSSR count). The Morgan fingerprint density at radius 3 is 2.52 bits per heavy atom. The lowest BCUT2D eigenvalue weighted by atomic mass is 10.2. The van der Waals surface area contributed by atoms with Crippen LogP contribution < -0.4 is 0 Å². The zero-order valence-corrected chi connectivity index (χ0v) is 16.1. The second kappa shape index (κ2) is 8.10. The molecule has 120 valence electrons. The maximum atomic E-state index is 11.9. The van der Waals surface area contributed by atoms with Gasteiger partial charge in [0.05, 0.1) is 6.61 Å². The second-order valence-electron chi connectivity index (χ2n) is 6.04. The van der Waals surface area contributed by atoms with Crippen molar-refractivity contribution < 1.29 is 14.3 Å². The fraction of sp³-hybridized carbons (Fsp3) is 0.714. The van der Waals surface area contributed by atoms with Gasteiger partial charge in [-0.15, -0.1) is 0 Å². The molecule has 21 heavy (non-hydrogen) atoms. The molecule has 0 unspecified atom stereocenters. The highest BCUT2D eigenvalue weighted by Crippen LogP contribution is 2.22. The first-order valence-electron chi connectivity index (χ1n) is 7.30. The molecule has 0 radical (unpaired) electrons. The summed E-state index contributed by atoms with van der Waals surface area (Å²) in [5.41, 5.74) is 1.24. The van der Waals surface area contributed by atoms with E-state index in [1.807, 2.05) is 6.92 Å². The Labute approximate surface area is 136 Å². The summed E-state index contributed by atoms with van der Waals surface area (Å²) >= 11 is 3.49. The van der Waals surface area contributed by atoms with Crippen LogP contribution in [0.1, 0.15) is 29.9 Å². The Balaban J connectivity index is 2.73. The van der Waals surface area contributed by atoms with Crippen molar-refractivity contribution in [2.75, 3.05) is 13.2 Å². The van der Waals surface area contributed by atoms with Crippen LogP contribution in [0, 0.1) is 0 Å². The lowest BCUT2D eigenvalue weighted by Crippen LogP contribution is -2.22. The van der Waals surface area contributed by atoms with Crippen molar-refractivity contribution in [3.8, 4) is 0 Å². The SMILES string of the molecule is CCOC(=O)c1nn(COCC[Si](C)(C)C)c(Br)c1CC. The predicted molar refractivity (Wildman–Crippen MR) is 89.4 cm³/mol. The average Bonchev–Trinajstić information content (AvgIpc) is 2.70. The number of hydrogen-bond acceptors (Lipinski definition) is 4. The van der Waals surface area contributed by atoms with E-state index in [0.29, 0.717) is 25.5 Å². The Kier molecular flexibility index (Phi) is 7.09. The van der Waals surface area contributed by atoms with E-state index in [-0.39, 0.29) is 5.97 Å². The van der Waals surface area contributed by atoms with Crippen LogP contribution in [0.4, 0.5) is 0 Å². The molecule has 5 nitrogen and oxygen atoms in total. The molecule has 0 spiro atoms. The van der Waals surface area contributed by atoms with E-state index in [4.69, 9.17) is 9.47 Å². The monoisotopic (exact) mass is 376 g/mol.